The molecule has 0 N–H and O–H groups in total. The van der Waals surface area contributed by atoms with Crippen LogP contribution in [0.1, 0.15) is 25.7 Å². The normalized spacial score (nSPS) is 41.5. The lowest BCUT2D eigenvalue weighted by Crippen LogP contribution is -2.21. The van der Waals surface area contributed by atoms with Crippen molar-refractivity contribution in [3.63, 3.8) is 0 Å². The Labute approximate surface area is 84.6 Å². The maximum Gasteiger partial charge on any atom is 0.153 e. The second kappa shape index (κ2) is 3.57. The highest BCUT2D eigenvalue weighted by molar-refractivity contribution is 5.89. The molecule has 2 saturated carbocycles. The highest BCUT2D eigenvalue weighted by Crippen LogP contribution is 2.46. The summed E-state index contributed by atoms with van der Waals surface area (Å²) in [7, 11) is 0. The molecule has 14 heavy (non-hydrogen) atoms. The fourth-order valence-corrected chi connectivity index (χ4v) is 3.10. The van der Waals surface area contributed by atoms with Crippen molar-refractivity contribution in [1.29, 1.82) is 5.26 Å². The van der Waals surface area contributed by atoms with Gasteiger partial charge in [0.1, 0.15) is 5.92 Å². The van der Waals surface area contributed by atoms with Crippen molar-refractivity contribution in [3.05, 3.63) is 12.7 Å². The Morgan fingerprint density at radius 2 is 2.14 bits per heavy atom. The molecule has 0 bridgehead atoms. The third-order valence-electron chi connectivity index (χ3n) is 3.78. The van der Waals surface area contributed by atoms with Gasteiger partial charge >= 0.3 is 0 Å². The van der Waals surface area contributed by atoms with Gasteiger partial charge in [-0.2, -0.15) is 5.26 Å². The van der Waals surface area contributed by atoms with E-state index in [0.29, 0.717) is 5.92 Å². The third-order valence-corrected chi connectivity index (χ3v) is 3.78. The molecule has 0 heterocycles. The van der Waals surface area contributed by atoms with Crippen LogP contribution in [0.3, 0.4) is 0 Å². The third kappa shape index (κ3) is 1.19. The van der Waals surface area contributed by atoms with E-state index < -0.39 is 5.92 Å². The number of ketones is 1. The molecule has 0 radical (unpaired) electrons. The molecule has 74 valence electrons. The summed E-state index contributed by atoms with van der Waals surface area (Å²) in [4.78, 5) is 11.9. The Morgan fingerprint density at radius 3 is 2.79 bits per heavy atom. The maximum atomic E-state index is 11.9. The Kier molecular flexibility index (Phi) is 2.41. The van der Waals surface area contributed by atoms with Crippen LogP contribution >= 0.6 is 0 Å². The molecule has 2 rings (SSSR count). The molecular weight excluding hydrogens is 174 g/mol. The molecule has 0 saturated heterocycles. The molecule has 2 heteroatoms. The zero-order chi connectivity index (χ0) is 10.1. The minimum atomic E-state index is -0.402. The molecule has 4 atom stereocenters. The molecule has 2 aliphatic rings. The fraction of sp³-hybridized carbons (Fsp3) is 0.667. The predicted octanol–water partition coefficient (Wildman–Crippen LogP) is 2.32. The summed E-state index contributed by atoms with van der Waals surface area (Å²) in [5.74, 6) is 0.482. The number of hydrogen-bond acceptors (Lipinski definition) is 2. The first-order valence-corrected chi connectivity index (χ1v) is 5.35. The standard InChI is InChI=1S/C12H15NO/c1-2-8-9-5-3-4-6-10(9)12(14)11(8)7-13/h2,8-11H,1,3-6H2/t8?,9-,10+,11?/m1/s1. The van der Waals surface area contributed by atoms with E-state index in [1.165, 1.54) is 6.42 Å². The van der Waals surface area contributed by atoms with Crippen molar-refractivity contribution in [2.45, 2.75) is 25.7 Å². The van der Waals surface area contributed by atoms with Gasteiger partial charge in [-0.05, 0) is 18.8 Å². The molecular formula is C12H15NO. The van der Waals surface area contributed by atoms with Gasteiger partial charge in [0.05, 0.1) is 6.07 Å². The maximum absolute atomic E-state index is 11.9. The molecule has 0 aliphatic heterocycles. The molecule has 0 spiro atoms. The summed E-state index contributed by atoms with van der Waals surface area (Å²) in [6.45, 7) is 3.76. The smallest absolute Gasteiger partial charge is 0.153 e. The Bertz CT molecular complexity index is 302. The molecule has 0 aromatic rings. The van der Waals surface area contributed by atoms with Crippen LogP contribution in [0.2, 0.25) is 0 Å². The van der Waals surface area contributed by atoms with E-state index in [-0.39, 0.29) is 17.6 Å². The van der Waals surface area contributed by atoms with E-state index in [4.69, 9.17) is 5.26 Å². The van der Waals surface area contributed by atoms with Gasteiger partial charge in [-0.25, -0.2) is 0 Å². The Hall–Kier alpha value is -1.10. The van der Waals surface area contributed by atoms with E-state index in [2.05, 4.69) is 12.6 Å². The number of carbonyl (C=O) groups excluding carboxylic acids is 1. The molecule has 2 fully saturated rings. The lowest BCUT2D eigenvalue weighted by molar-refractivity contribution is -0.123. The van der Waals surface area contributed by atoms with E-state index in [0.717, 1.165) is 19.3 Å². The van der Waals surface area contributed by atoms with Crippen LogP contribution < -0.4 is 0 Å². The van der Waals surface area contributed by atoms with Gasteiger partial charge in [-0.1, -0.05) is 18.9 Å². The average Bonchev–Trinajstić information content (AvgIpc) is 2.51. The van der Waals surface area contributed by atoms with Gasteiger partial charge in [-0.3, -0.25) is 4.79 Å². The summed E-state index contributed by atoms with van der Waals surface area (Å²) in [5, 5.41) is 8.97. The summed E-state index contributed by atoms with van der Waals surface area (Å²) in [6.07, 6.45) is 6.27. The SMILES string of the molecule is C=CC1C(C#N)C(=O)[C@H]2CCCC[C@H]12. The lowest BCUT2D eigenvalue weighted by Gasteiger charge is -2.26. The van der Waals surface area contributed by atoms with Crippen LogP contribution in [0.25, 0.3) is 0 Å². The van der Waals surface area contributed by atoms with E-state index in [1.54, 1.807) is 0 Å². The van der Waals surface area contributed by atoms with Gasteiger partial charge in [0, 0.05) is 11.8 Å². The minimum Gasteiger partial charge on any atom is -0.298 e. The molecule has 2 aliphatic carbocycles. The molecule has 2 unspecified atom stereocenters. The molecule has 0 amide bonds. The lowest BCUT2D eigenvalue weighted by atomic mass is 9.77. The van der Waals surface area contributed by atoms with Crippen LogP contribution in [0.4, 0.5) is 0 Å². The van der Waals surface area contributed by atoms with Crippen molar-refractivity contribution in [2.24, 2.45) is 23.7 Å². The number of allylic oxidation sites excluding steroid dienone is 1. The van der Waals surface area contributed by atoms with Gasteiger partial charge < -0.3 is 0 Å². The summed E-state index contributed by atoms with van der Waals surface area (Å²) in [5.41, 5.74) is 0. The van der Waals surface area contributed by atoms with E-state index in [1.807, 2.05) is 6.08 Å². The number of nitrogens with zero attached hydrogens (tertiary/aromatic N) is 1. The number of fused-ring (bicyclic) bond motifs is 1. The van der Waals surface area contributed by atoms with Crippen LogP contribution in [-0.4, -0.2) is 5.78 Å². The molecule has 2 nitrogen and oxygen atoms in total. The van der Waals surface area contributed by atoms with E-state index >= 15 is 0 Å². The zero-order valence-electron chi connectivity index (χ0n) is 8.28. The number of carbonyl (C=O) groups is 1. The monoisotopic (exact) mass is 189 g/mol. The largest absolute Gasteiger partial charge is 0.298 e. The van der Waals surface area contributed by atoms with Crippen LogP contribution in [0.15, 0.2) is 12.7 Å². The number of rotatable bonds is 1. The van der Waals surface area contributed by atoms with Crippen molar-refractivity contribution < 1.29 is 4.79 Å². The number of Topliss-reactive ketones (excluding diaryl/α,β-unsaturated/α-hetero) is 1. The predicted molar refractivity (Wildman–Crippen MR) is 53.2 cm³/mol. The molecule has 0 aromatic carbocycles. The number of nitriles is 1. The van der Waals surface area contributed by atoms with Crippen molar-refractivity contribution in [1.82, 2.24) is 0 Å². The van der Waals surface area contributed by atoms with Gasteiger partial charge in [0.2, 0.25) is 0 Å². The van der Waals surface area contributed by atoms with Gasteiger partial charge in [-0.15, -0.1) is 6.58 Å². The zero-order valence-corrected chi connectivity index (χ0v) is 8.28. The highest BCUT2D eigenvalue weighted by Gasteiger charge is 2.48. The Balaban J connectivity index is 2.28. The Morgan fingerprint density at radius 1 is 1.43 bits per heavy atom. The quantitative estimate of drug-likeness (QED) is 0.594. The van der Waals surface area contributed by atoms with E-state index in [9.17, 15) is 4.79 Å². The van der Waals surface area contributed by atoms with Crippen LogP contribution in [-0.2, 0) is 4.79 Å². The average molecular weight is 189 g/mol. The first kappa shape index (κ1) is 9.45. The van der Waals surface area contributed by atoms with Crippen LogP contribution in [0, 0.1) is 35.0 Å². The number of hydrogen-bond donors (Lipinski definition) is 0. The topological polar surface area (TPSA) is 40.9 Å². The minimum absolute atomic E-state index is 0.123. The van der Waals surface area contributed by atoms with Crippen molar-refractivity contribution in [3.8, 4) is 6.07 Å². The highest BCUT2D eigenvalue weighted by atomic mass is 16.1. The summed E-state index contributed by atoms with van der Waals surface area (Å²) < 4.78 is 0. The molecule has 0 aromatic heterocycles. The summed E-state index contributed by atoms with van der Waals surface area (Å²) in [6, 6.07) is 2.15. The second-order valence-corrected chi connectivity index (χ2v) is 4.38. The van der Waals surface area contributed by atoms with Crippen molar-refractivity contribution in [2.75, 3.05) is 0 Å². The van der Waals surface area contributed by atoms with Crippen LogP contribution in [0.5, 0.6) is 0 Å². The fourth-order valence-electron chi connectivity index (χ4n) is 3.10. The van der Waals surface area contributed by atoms with Gasteiger partial charge in [0.25, 0.3) is 0 Å². The second-order valence-electron chi connectivity index (χ2n) is 4.38. The van der Waals surface area contributed by atoms with Crippen molar-refractivity contribution >= 4 is 5.78 Å². The summed E-state index contributed by atoms with van der Waals surface area (Å²) >= 11 is 0. The van der Waals surface area contributed by atoms with Gasteiger partial charge in [0.15, 0.2) is 5.78 Å². The first-order chi connectivity index (χ1) is 6.79. The first-order valence-electron chi connectivity index (χ1n) is 5.35.